The highest BCUT2D eigenvalue weighted by Crippen LogP contribution is 2.21. The SMILES string of the molecule is COc1ccc(O)c(/C=N/NC(=O)c2cc(-c3ccccc3)n[nH]2)c1. The van der Waals surface area contributed by atoms with Crippen molar-refractivity contribution in [1.29, 1.82) is 0 Å². The molecule has 7 heteroatoms. The zero-order valence-corrected chi connectivity index (χ0v) is 13.4. The molecule has 3 rings (SSSR count). The second-order valence-corrected chi connectivity index (χ2v) is 5.16. The van der Waals surface area contributed by atoms with E-state index >= 15 is 0 Å². The first-order valence-corrected chi connectivity index (χ1v) is 7.48. The van der Waals surface area contributed by atoms with E-state index < -0.39 is 5.91 Å². The Morgan fingerprint density at radius 3 is 2.80 bits per heavy atom. The minimum Gasteiger partial charge on any atom is -0.507 e. The van der Waals surface area contributed by atoms with E-state index in [4.69, 9.17) is 4.74 Å². The van der Waals surface area contributed by atoms with Crippen molar-refractivity contribution in [1.82, 2.24) is 15.6 Å². The van der Waals surface area contributed by atoms with Gasteiger partial charge in [0.1, 0.15) is 17.2 Å². The zero-order valence-electron chi connectivity index (χ0n) is 13.4. The van der Waals surface area contributed by atoms with Crippen LogP contribution in [0.5, 0.6) is 11.5 Å². The summed E-state index contributed by atoms with van der Waals surface area (Å²) in [6.07, 6.45) is 1.34. The van der Waals surface area contributed by atoms with Gasteiger partial charge in [0.15, 0.2) is 0 Å². The number of H-pyrrole nitrogens is 1. The maximum absolute atomic E-state index is 12.1. The van der Waals surface area contributed by atoms with Crippen molar-refractivity contribution in [3.63, 3.8) is 0 Å². The van der Waals surface area contributed by atoms with Crippen molar-refractivity contribution in [2.45, 2.75) is 0 Å². The van der Waals surface area contributed by atoms with Crippen LogP contribution in [0.15, 0.2) is 59.7 Å². The quantitative estimate of drug-likeness (QED) is 0.492. The van der Waals surface area contributed by atoms with Crippen LogP contribution in [-0.2, 0) is 0 Å². The van der Waals surface area contributed by atoms with Gasteiger partial charge >= 0.3 is 0 Å². The molecule has 0 atom stereocenters. The van der Waals surface area contributed by atoms with Crippen LogP contribution in [0.1, 0.15) is 16.1 Å². The van der Waals surface area contributed by atoms with Crippen LogP contribution >= 0.6 is 0 Å². The van der Waals surface area contributed by atoms with Crippen molar-refractivity contribution in [2.24, 2.45) is 5.10 Å². The maximum Gasteiger partial charge on any atom is 0.289 e. The molecule has 126 valence electrons. The summed E-state index contributed by atoms with van der Waals surface area (Å²) >= 11 is 0. The number of aromatic amines is 1. The molecule has 25 heavy (non-hydrogen) atoms. The van der Waals surface area contributed by atoms with E-state index in [1.807, 2.05) is 30.3 Å². The summed E-state index contributed by atoms with van der Waals surface area (Å²) in [5, 5.41) is 20.4. The van der Waals surface area contributed by atoms with Crippen molar-refractivity contribution >= 4 is 12.1 Å². The van der Waals surface area contributed by atoms with Crippen LogP contribution in [0, 0.1) is 0 Å². The van der Waals surface area contributed by atoms with Gasteiger partial charge in [0, 0.05) is 11.1 Å². The van der Waals surface area contributed by atoms with E-state index in [0.29, 0.717) is 17.0 Å². The molecule has 0 aliphatic carbocycles. The average molecular weight is 336 g/mol. The van der Waals surface area contributed by atoms with Crippen molar-refractivity contribution in [3.05, 3.63) is 65.9 Å². The molecular formula is C18H16N4O3. The highest BCUT2D eigenvalue weighted by molar-refractivity contribution is 5.94. The largest absolute Gasteiger partial charge is 0.507 e. The fraction of sp³-hybridized carbons (Fsp3) is 0.0556. The number of rotatable bonds is 5. The van der Waals surface area contributed by atoms with Crippen LogP contribution in [-0.4, -0.2) is 34.5 Å². The Bertz CT molecular complexity index is 904. The minimum absolute atomic E-state index is 0.0340. The van der Waals surface area contributed by atoms with E-state index in [1.165, 1.54) is 19.4 Å². The highest BCUT2D eigenvalue weighted by Gasteiger charge is 2.10. The number of phenols is 1. The lowest BCUT2D eigenvalue weighted by atomic mass is 10.1. The lowest BCUT2D eigenvalue weighted by Crippen LogP contribution is -2.18. The number of phenolic OH excluding ortho intramolecular Hbond substituents is 1. The number of aromatic nitrogens is 2. The zero-order chi connectivity index (χ0) is 17.6. The fourth-order valence-corrected chi connectivity index (χ4v) is 2.18. The average Bonchev–Trinajstić information content (AvgIpc) is 3.14. The first kappa shape index (κ1) is 16.3. The third kappa shape index (κ3) is 3.84. The number of hydrazone groups is 1. The Morgan fingerprint density at radius 1 is 1.24 bits per heavy atom. The van der Waals surface area contributed by atoms with Gasteiger partial charge in [-0.15, -0.1) is 0 Å². The molecule has 0 aliphatic heterocycles. The summed E-state index contributed by atoms with van der Waals surface area (Å²) in [6, 6.07) is 15.9. The molecule has 3 N–H and O–H groups in total. The first-order chi connectivity index (χ1) is 12.2. The molecule has 0 unspecified atom stereocenters. The number of carbonyl (C=O) groups excluding carboxylic acids is 1. The number of carbonyl (C=O) groups is 1. The van der Waals surface area contributed by atoms with Crippen LogP contribution in [0.4, 0.5) is 0 Å². The molecule has 1 amide bonds. The number of amides is 1. The van der Waals surface area contributed by atoms with Gasteiger partial charge in [0.2, 0.25) is 0 Å². The van der Waals surface area contributed by atoms with Crippen LogP contribution in [0.2, 0.25) is 0 Å². The maximum atomic E-state index is 12.1. The topological polar surface area (TPSA) is 99.6 Å². The number of nitrogens with zero attached hydrogens (tertiary/aromatic N) is 2. The normalized spacial score (nSPS) is 10.8. The summed E-state index contributed by atoms with van der Waals surface area (Å²) in [7, 11) is 1.53. The van der Waals surface area contributed by atoms with Gasteiger partial charge < -0.3 is 9.84 Å². The third-order valence-corrected chi connectivity index (χ3v) is 3.50. The fourth-order valence-electron chi connectivity index (χ4n) is 2.18. The lowest BCUT2D eigenvalue weighted by Gasteiger charge is -2.02. The third-order valence-electron chi connectivity index (χ3n) is 3.50. The summed E-state index contributed by atoms with van der Waals surface area (Å²) in [6.45, 7) is 0. The van der Waals surface area contributed by atoms with Gasteiger partial charge in [-0.05, 0) is 24.3 Å². The minimum atomic E-state index is -0.437. The Hall–Kier alpha value is -3.61. The highest BCUT2D eigenvalue weighted by atomic mass is 16.5. The Morgan fingerprint density at radius 2 is 2.04 bits per heavy atom. The van der Waals surface area contributed by atoms with E-state index in [1.54, 1.807) is 18.2 Å². The van der Waals surface area contributed by atoms with E-state index in [2.05, 4.69) is 20.7 Å². The summed E-state index contributed by atoms with van der Waals surface area (Å²) < 4.78 is 5.08. The van der Waals surface area contributed by atoms with Gasteiger partial charge in [0.05, 0.1) is 19.0 Å². The number of methoxy groups -OCH3 is 1. The second-order valence-electron chi connectivity index (χ2n) is 5.16. The summed E-state index contributed by atoms with van der Waals surface area (Å²) in [5.41, 5.74) is 4.66. The first-order valence-electron chi connectivity index (χ1n) is 7.48. The van der Waals surface area contributed by atoms with Crippen molar-refractivity contribution < 1.29 is 14.6 Å². The van der Waals surface area contributed by atoms with Gasteiger partial charge in [-0.2, -0.15) is 10.2 Å². The molecule has 0 fully saturated rings. The number of benzene rings is 2. The number of aromatic hydroxyl groups is 1. The summed E-state index contributed by atoms with van der Waals surface area (Å²) in [5.74, 6) is 0.173. The molecule has 0 saturated carbocycles. The lowest BCUT2D eigenvalue weighted by molar-refractivity contribution is 0.0950. The molecule has 7 nitrogen and oxygen atoms in total. The predicted octanol–water partition coefficient (Wildman–Crippen LogP) is 2.55. The Balaban J connectivity index is 1.68. The molecule has 0 radical (unpaired) electrons. The predicted molar refractivity (Wildman–Crippen MR) is 93.7 cm³/mol. The van der Waals surface area contributed by atoms with E-state index in [0.717, 1.165) is 5.56 Å². The number of hydrogen-bond acceptors (Lipinski definition) is 5. The summed E-state index contributed by atoms with van der Waals surface area (Å²) in [4.78, 5) is 12.1. The van der Waals surface area contributed by atoms with E-state index in [-0.39, 0.29) is 11.4 Å². The van der Waals surface area contributed by atoms with Gasteiger partial charge in [-0.3, -0.25) is 9.89 Å². The van der Waals surface area contributed by atoms with Gasteiger partial charge in [-0.25, -0.2) is 5.43 Å². The van der Waals surface area contributed by atoms with E-state index in [9.17, 15) is 9.90 Å². The second kappa shape index (κ2) is 7.31. The Kier molecular flexibility index (Phi) is 4.75. The smallest absolute Gasteiger partial charge is 0.289 e. The number of ether oxygens (including phenoxy) is 1. The molecule has 0 aliphatic rings. The van der Waals surface area contributed by atoms with Crippen LogP contribution < -0.4 is 10.2 Å². The Labute approximate surface area is 144 Å². The molecular weight excluding hydrogens is 320 g/mol. The molecule has 0 bridgehead atoms. The molecule has 1 heterocycles. The standard InChI is InChI=1S/C18H16N4O3/c1-25-14-7-8-17(23)13(9-14)11-19-22-18(24)16-10-15(20-21-16)12-5-3-2-4-6-12/h2-11,23H,1H3,(H,20,21)(H,22,24)/b19-11+. The molecule has 0 spiro atoms. The molecule has 1 aromatic heterocycles. The van der Waals surface area contributed by atoms with Crippen molar-refractivity contribution in [3.8, 4) is 22.8 Å². The van der Waals surface area contributed by atoms with Crippen molar-refractivity contribution in [2.75, 3.05) is 7.11 Å². The molecule has 0 saturated heterocycles. The number of hydrogen-bond donors (Lipinski definition) is 3. The molecule has 3 aromatic rings. The monoisotopic (exact) mass is 336 g/mol. The van der Waals surface area contributed by atoms with Gasteiger partial charge in [-0.1, -0.05) is 30.3 Å². The van der Waals surface area contributed by atoms with Crippen LogP contribution in [0.25, 0.3) is 11.3 Å². The van der Waals surface area contributed by atoms with Crippen LogP contribution in [0.3, 0.4) is 0 Å². The number of nitrogens with one attached hydrogen (secondary N) is 2. The van der Waals surface area contributed by atoms with Gasteiger partial charge in [0.25, 0.3) is 5.91 Å². The molecule has 2 aromatic carbocycles.